The summed E-state index contributed by atoms with van der Waals surface area (Å²) >= 11 is 0. The van der Waals surface area contributed by atoms with Crippen molar-refractivity contribution in [3.63, 3.8) is 0 Å². The van der Waals surface area contributed by atoms with Crippen molar-refractivity contribution in [3.05, 3.63) is 70.7 Å². The number of ketones is 1. The minimum absolute atomic E-state index is 0.0469. The standard InChI is InChI=1S/C25H28FNO5/c1-4-32-21-14-17(7-10-19(21)28)23-22(20(29)13-15(2)3)24(30)25(31)27(23)12-11-16-5-8-18(26)9-6-16/h5-10,14-15,23,28,30H,4,11-13H2,1-3H3. The maximum atomic E-state index is 13.2. The molecule has 0 saturated carbocycles. The number of Topliss-reactive ketones (excluding diaryl/α,β-unsaturated/α-hetero) is 1. The van der Waals surface area contributed by atoms with Gasteiger partial charge < -0.3 is 19.8 Å². The number of carbonyl (C=O) groups excluding carboxylic acids is 2. The van der Waals surface area contributed by atoms with Crippen molar-refractivity contribution in [1.82, 2.24) is 4.90 Å². The second kappa shape index (κ2) is 9.85. The van der Waals surface area contributed by atoms with E-state index in [0.29, 0.717) is 18.6 Å². The number of phenols is 1. The minimum Gasteiger partial charge on any atom is -0.504 e. The molecule has 6 nitrogen and oxygen atoms in total. The maximum absolute atomic E-state index is 13.2. The lowest BCUT2D eigenvalue weighted by Gasteiger charge is -2.27. The van der Waals surface area contributed by atoms with Crippen LogP contribution in [0.5, 0.6) is 11.5 Å². The first-order valence-corrected chi connectivity index (χ1v) is 10.7. The van der Waals surface area contributed by atoms with Crippen LogP contribution in [0, 0.1) is 11.7 Å². The normalized spacial score (nSPS) is 16.2. The predicted octanol–water partition coefficient (Wildman–Crippen LogP) is 4.48. The molecule has 7 heteroatoms. The summed E-state index contributed by atoms with van der Waals surface area (Å²) in [5, 5.41) is 20.7. The first kappa shape index (κ1) is 23.3. The molecule has 1 amide bonds. The fourth-order valence-corrected chi connectivity index (χ4v) is 3.87. The van der Waals surface area contributed by atoms with Gasteiger partial charge in [0.15, 0.2) is 23.0 Å². The first-order valence-electron chi connectivity index (χ1n) is 10.7. The molecular weight excluding hydrogens is 413 g/mol. The molecule has 2 N–H and O–H groups in total. The number of benzene rings is 2. The average molecular weight is 441 g/mol. The zero-order valence-electron chi connectivity index (χ0n) is 18.5. The average Bonchev–Trinajstić information content (AvgIpc) is 2.99. The number of phenolic OH excluding ortho intramolecular Hbond substituents is 1. The van der Waals surface area contributed by atoms with E-state index >= 15 is 0 Å². The maximum Gasteiger partial charge on any atom is 0.290 e. The van der Waals surface area contributed by atoms with Crippen LogP contribution in [-0.2, 0) is 16.0 Å². The SMILES string of the molecule is CCOc1cc(C2C(C(=O)CC(C)C)=C(O)C(=O)N2CCc2ccc(F)cc2)ccc1O. The van der Waals surface area contributed by atoms with Gasteiger partial charge in [0.2, 0.25) is 0 Å². The molecule has 0 radical (unpaired) electrons. The Bertz CT molecular complexity index is 1030. The van der Waals surface area contributed by atoms with Gasteiger partial charge in [-0.05, 0) is 54.7 Å². The second-order valence-electron chi connectivity index (χ2n) is 8.22. The summed E-state index contributed by atoms with van der Waals surface area (Å²) in [5.41, 5.74) is 1.42. The van der Waals surface area contributed by atoms with Crippen molar-refractivity contribution in [2.24, 2.45) is 5.92 Å². The molecule has 0 aromatic heterocycles. The monoisotopic (exact) mass is 441 g/mol. The lowest BCUT2D eigenvalue weighted by Crippen LogP contribution is -2.33. The van der Waals surface area contributed by atoms with Gasteiger partial charge in [-0.15, -0.1) is 0 Å². The summed E-state index contributed by atoms with van der Waals surface area (Å²) in [4.78, 5) is 27.4. The van der Waals surface area contributed by atoms with Crippen molar-refractivity contribution in [1.29, 1.82) is 0 Å². The fourth-order valence-electron chi connectivity index (χ4n) is 3.87. The minimum atomic E-state index is -0.811. The van der Waals surface area contributed by atoms with Crippen molar-refractivity contribution in [2.45, 2.75) is 39.7 Å². The van der Waals surface area contributed by atoms with Gasteiger partial charge in [-0.3, -0.25) is 9.59 Å². The molecule has 1 heterocycles. The molecule has 0 spiro atoms. The third kappa shape index (κ3) is 4.93. The number of ether oxygens (including phenoxy) is 1. The highest BCUT2D eigenvalue weighted by molar-refractivity contribution is 6.09. The Morgan fingerprint density at radius 2 is 1.84 bits per heavy atom. The van der Waals surface area contributed by atoms with Crippen LogP contribution in [0.1, 0.15) is 44.4 Å². The van der Waals surface area contributed by atoms with E-state index in [1.807, 2.05) is 13.8 Å². The van der Waals surface area contributed by atoms with Gasteiger partial charge in [0.05, 0.1) is 18.2 Å². The number of hydrogen-bond donors (Lipinski definition) is 2. The molecule has 170 valence electrons. The molecule has 32 heavy (non-hydrogen) atoms. The molecule has 1 atom stereocenters. The molecule has 1 aliphatic rings. The molecule has 0 fully saturated rings. The summed E-state index contributed by atoms with van der Waals surface area (Å²) in [5.74, 6) is -1.60. The number of aliphatic hydroxyl groups is 1. The zero-order chi connectivity index (χ0) is 23.4. The molecule has 0 bridgehead atoms. The van der Waals surface area contributed by atoms with Crippen LogP contribution in [0.2, 0.25) is 0 Å². The van der Waals surface area contributed by atoms with Gasteiger partial charge in [-0.1, -0.05) is 32.0 Å². The van der Waals surface area contributed by atoms with Crippen molar-refractivity contribution in [2.75, 3.05) is 13.2 Å². The van der Waals surface area contributed by atoms with E-state index in [-0.39, 0.29) is 47.6 Å². The largest absolute Gasteiger partial charge is 0.504 e. The second-order valence-corrected chi connectivity index (χ2v) is 8.22. The van der Waals surface area contributed by atoms with Crippen molar-refractivity contribution >= 4 is 11.7 Å². The highest BCUT2D eigenvalue weighted by Crippen LogP contribution is 2.41. The van der Waals surface area contributed by atoms with Crippen LogP contribution in [0.4, 0.5) is 4.39 Å². The van der Waals surface area contributed by atoms with Gasteiger partial charge in [0.25, 0.3) is 5.91 Å². The van der Waals surface area contributed by atoms with Crippen molar-refractivity contribution in [3.8, 4) is 11.5 Å². The Morgan fingerprint density at radius 3 is 2.47 bits per heavy atom. The Morgan fingerprint density at radius 1 is 1.16 bits per heavy atom. The summed E-state index contributed by atoms with van der Waals surface area (Å²) in [6, 6.07) is 9.80. The highest BCUT2D eigenvalue weighted by Gasteiger charge is 2.43. The van der Waals surface area contributed by atoms with Crippen LogP contribution < -0.4 is 4.74 Å². The smallest absolute Gasteiger partial charge is 0.290 e. The zero-order valence-corrected chi connectivity index (χ0v) is 18.5. The van der Waals surface area contributed by atoms with Crippen LogP contribution >= 0.6 is 0 Å². The fraction of sp³-hybridized carbons (Fsp3) is 0.360. The van der Waals surface area contributed by atoms with Crippen molar-refractivity contribution < 1.29 is 28.9 Å². The van der Waals surface area contributed by atoms with Crippen LogP contribution in [-0.4, -0.2) is 40.0 Å². The number of nitrogens with zero attached hydrogens (tertiary/aromatic N) is 1. The summed E-state index contributed by atoms with van der Waals surface area (Å²) < 4.78 is 18.7. The number of aromatic hydroxyl groups is 1. The van der Waals surface area contributed by atoms with Crippen LogP contribution in [0.15, 0.2) is 53.8 Å². The third-order valence-electron chi connectivity index (χ3n) is 5.35. The first-order chi connectivity index (χ1) is 15.2. The molecule has 0 aliphatic carbocycles. The van der Waals surface area contributed by atoms with Gasteiger partial charge in [-0.25, -0.2) is 4.39 Å². The van der Waals surface area contributed by atoms with Gasteiger partial charge in [0, 0.05) is 13.0 Å². The van der Waals surface area contributed by atoms with E-state index in [2.05, 4.69) is 0 Å². The van der Waals surface area contributed by atoms with Gasteiger partial charge >= 0.3 is 0 Å². The molecule has 0 saturated heterocycles. The molecular formula is C25H28FNO5. The van der Waals surface area contributed by atoms with Gasteiger partial charge in [-0.2, -0.15) is 0 Å². The molecule has 3 rings (SSSR count). The van der Waals surface area contributed by atoms with E-state index in [0.717, 1.165) is 5.56 Å². The molecule has 2 aromatic carbocycles. The number of halogens is 1. The van der Waals surface area contributed by atoms with Crippen LogP contribution in [0.3, 0.4) is 0 Å². The Balaban J connectivity index is 1.99. The molecule has 1 unspecified atom stereocenters. The number of aliphatic hydroxyl groups excluding tert-OH is 1. The van der Waals surface area contributed by atoms with E-state index in [9.17, 15) is 24.2 Å². The Kier molecular flexibility index (Phi) is 7.18. The Labute approximate surface area is 186 Å². The third-order valence-corrected chi connectivity index (χ3v) is 5.35. The van der Waals surface area contributed by atoms with E-state index < -0.39 is 17.7 Å². The quantitative estimate of drug-likeness (QED) is 0.599. The van der Waals surface area contributed by atoms with E-state index in [1.165, 1.54) is 23.1 Å². The number of amides is 1. The Hall–Kier alpha value is -3.35. The topological polar surface area (TPSA) is 87.1 Å². The number of rotatable bonds is 9. The van der Waals surface area contributed by atoms with E-state index in [1.54, 1.807) is 31.2 Å². The number of carbonyl (C=O) groups is 2. The summed E-state index contributed by atoms with van der Waals surface area (Å²) in [7, 11) is 0. The van der Waals surface area contributed by atoms with Gasteiger partial charge in [0.1, 0.15) is 5.82 Å². The summed E-state index contributed by atoms with van der Waals surface area (Å²) in [6.45, 7) is 6.10. The number of hydrogen-bond acceptors (Lipinski definition) is 5. The lowest BCUT2D eigenvalue weighted by molar-refractivity contribution is -0.129. The molecule has 1 aliphatic heterocycles. The lowest BCUT2D eigenvalue weighted by atomic mass is 9.92. The van der Waals surface area contributed by atoms with E-state index in [4.69, 9.17) is 4.74 Å². The predicted molar refractivity (Wildman–Crippen MR) is 118 cm³/mol. The van der Waals surface area contributed by atoms with Crippen LogP contribution in [0.25, 0.3) is 0 Å². The summed E-state index contributed by atoms with van der Waals surface area (Å²) in [6.07, 6.45) is 0.600. The highest BCUT2D eigenvalue weighted by atomic mass is 19.1. The molecule has 2 aromatic rings.